The van der Waals surface area contributed by atoms with E-state index in [1.807, 2.05) is 13.8 Å². The Kier molecular flexibility index (Phi) is 7.32. The van der Waals surface area contributed by atoms with Crippen LogP contribution in [0.5, 0.6) is 0 Å². The first-order valence-electron chi connectivity index (χ1n) is 14.5. The first kappa shape index (κ1) is 28.4. The molecule has 0 aromatic rings. The molecule has 37 heavy (non-hydrogen) atoms. The van der Waals surface area contributed by atoms with Crippen LogP contribution in [0.4, 0.5) is 0 Å². The lowest BCUT2D eigenvalue weighted by molar-refractivity contribution is -0.167. The third-order valence-electron chi connectivity index (χ3n) is 11.8. The first-order valence-corrected chi connectivity index (χ1v) is 14.5. The Morgan fingerprint density at radius 1 is 1.03 bits per heavy atom. The van der Waals surface area contributed by atoms with E-state index in [-0.39, 0.29) is 39.7 Å². The number of aliphatic hydroxyl groups is 1. The van der Waals surface area contributed by atoms with Gasteiger partial charge in [-0.25, -0.2) is 0 Å². The predicted molar refractivity (Wildman–Crippen MR) is 146 cm³/mol. The zero-order valence-corrected chi connectivity index (χ0v) is 24.4. The van der Waals surface area contributed by atoms with E-state index in [4.69, 9.17) is 4.74 Å². The average molecular weight is 515 g/mol. The molecule has 4 aliphatic rings. The highest BCUT2D eigenvalue weighted by Gasteiger charge is 2.66. The molecule has 0 amide bonds. The van der Waals surface area contributed by atoms with E-state index in [2.05, 4.69) is 40.7 Å². The molecule has 0 aliphatic heterocycles. The van der Waals surface area contributed by atoms with Crippen LogP contribution in [0.1, 0.15) is 113 Å². The van der Waals surface area contributed by atoms with E-state index >= 15 is 0 Å². The molecule has 5 nitrogen and oxygen atoms in total. The van der Waals surface area contributed by atoms with Gasteiger partial charge in [-0.1, -0.05) is 57.4 Å². The van der Waals surface area contributed by atoms with Crippen molar-refractivity contribution in [2.45, 2.75) is 125 Å². The lowest BCUT2D eigenvalue weighted by Crippen LogP contribution is -2.56. The van der Waals surface area contributed by atoms with Crippen molar-refractivity contribution in [3.8, 4) is 0 Å². The Bertz CT molecular complexity index is 1000. The van der Waals surface area contributed by atoms with Gasteiger partial charge in [0.2, 0.25) is 0 Å². The monoisotopic (exact) mass is 514 g/mol. The normalized spacial score (nSPS) is 41.2. The molecule has 0 bridgehead atoms. The van der Waals surface area contributed by atoms with Crippen molar-refractivity contribution in [3.05, 3.63) is 22.8 Å². The Morgan fingerprint density at radius 2 is 1.70 bits per heavy atom. The summed E-state index contributed by atoms with van der Waals surface area (Å²) in [4.78, 5) is 24.4. The largest absolute Gasteiger partial charge is 0.481 e. The molecular weight excluding hydrogens is 464 g/mol. The SMILES string of the molecule is CC(=O)O[C@H]1CC[C@]2(C)C3=C(CC[C@@H]2C1(C)C)[C@]1(C)C[C@@H](O)[C@H]([C@@H](CCC=C(C)C)C(=O)O)[C@@]1(C)CC3. The fourth-order valence-corrected chi connectivity index (χ4v) is 9.90. The van der Waals surface area contributed by atoms with Crippen LogP contribution < -0.4 is 0 Å². The number of fused-ring (bicyclic) bond motifs is 4. The Balaban J connectivity index is 1.71. The predicted octanol–water partition coefficient (Wildman–Crippen LogP) is 7.09. The minimum absolute atomic E-state index is 0.0514. The molecule has 0 saturated heterocycles. The van der Waals surface area contributed by atoms with Crippen LogP contribution in [0, 0.1) is 39.4 Å². The van der Waals surface area contributed by atoms with Gasteiger partial charge < -0.3 is 14.9 Å². The van der Waals surface area contributed by atoms with E-state index in [0.29, 0.717) is 18.8 Å². The molecule has 4 rings (SSSR count). The number of carbonyl (C=O) groups excluding carboxylic acids is 1. The van der Waals surface area contributed by atoms with Crippen molar-refractivity contribution < 1.29 is 24.5 Å². The van der Waals surface area contributed by atoms with Gasteiger partial charge in [-0.3, -0.25) is 9.59 Å². The molecule has 5 heteroatoms. The molecule has 2 N–H and O–H groups in total. The highest BCUT2D eigenvalue weighted by Crippen LogP contribution is 2.72. The summed E-state index contributed by atoms with van der Waals surface area (Å²) in [6.45, 7) is 17.2. The van der Waals surface area contributed by atoms with Crippen molar-refractivity contribution in [1.29, 1.82) is 0 Å². The Morgan fingerprint density at radius 3 is 2.30 bits per heavy atom. The average Bonchev–Trinajstić information content (AvgIpc) is 2.98. The number of rotatable bonds is 6. The zero-order valence-electron chi connectivity index (χ0n) is 24.4. The number of allylic oxidation sites excluding steroid dienone is 4. The summed E-state index contributed by atoms with van der Waals surface area (Å²) in [5.41, 5.74) is 3.80. The molecule has 0 aromatic heterocycles. The van der Waals surface area contributed by atoms with Crippen molar-refractivity contribution in [3.63, 3.8) is 0 Å². The maximum absolute atomic E-state index is 12.5. The summed E-state index contributed by atoms with van der Waals surface area (Å²) in [5.74, 6) is -1.30. The smallest absolute Gasteiger partial charge is 0.306 e. The number of hydrogen-bond donors (Lipinski definition) is 2. The van der Waals surface area contributed by atoms with E-state index < -0.39 is 18.0 Å². The van der Waals surface area contributed by atoms with Crippen molar-refractivity contribution in [2.24, 2.45) is 39.4 Å². The molecule has 208 valence electrons. The molecule has 0 radical (unpaired) electrons. The van der Waals surface area contributed by atoms with Crippen LogP contribution in [0.25, 0.3) is 0 Å². The number of carbonyl (C=O) groups is 2. The summed E-state index contributed by atoms with van der Waals surface area (Å²) >= 11 is 0. The summed E-state index contributed by atoms with van der Waals surface area (Å²) < 4.78 is 5.82. The minimum atomic E-state index is -0.766. The second-order valence-electron chi connectivity index (χ2n) is 14.3. The van der Waals surface area contributed by atoms with E-state index in [1.165, 1.54) is 18.1 Å². The van der Waals surface area contributed by atoms with Crippen LogP contribution in [-0.2, 0) is 14.3 Å². The molecule has 2 fully saturated rings. The van der Waals surface area contributed by atoms with Crippen LogP contribution in [0.3, 0.4) is 0 Å². The fraction of sp³-hybridized carbons (Fsp3) is 0.812. The standard InChI is InChI=1S/C32H50O5/c1-19(2)10-9-11-21(28(35)36)27-24(34)18-32(8)23-12-13-25-29(4,5)26(37-20(3)33)15-16-30(25,6)22(23)14-17-31(27,32)7/h10,21,24-27,34H,9,11-18H2,1-8H3,(H,35,36)/t21-,24-,25-,26+,27+,30-,31-,32+/m1/s1. The maximum Gasteiger partial charge on any atom is 0.306 e. The highest BCUT2D eigenvalue weighted by atomic mass is 16.5. The van der Waals surface area contributed by atoms with E-state index in [1.54, 1.807) is 5.57 Å². The van der Waals surface area contributed by atoms with Gasteiger partial charge in [-0.2, -0.15) is 0 Å². The van der Waals surface area contributed by atoms with Gasteiger partial charge in [-0.05, 0) is 93.8 Å². The quantitative estimate of drug-likeness (QED) is 0.292. The summed E-state index contributed by atoms with van der Waals surface area (Å²) in [5, 5.41) is 21.8. The third-order valence-corrected chi connectivity index (χ3v) is 11.8. The van der Waals surface area contributed by atoms with E-state index in [9.17, 15) is 19.8 Å². The Labute approximate surface area is 224 Å². The van der Waals surface area contributed by atoms with Crippen LogP contribution in [0.15, 0.2) is 22.8 Å². The van der Waals surface area contributed by atoms with Gasteiger partial charge in [0.05, 0.1) is 12.0 Å². The topological polar surface area (TPSA) is 83.8 Å². The molecule has 4 aliphatic carbocycles. The van der Waals surface area contributed by atoms with Crippen molar-refractivity contribution >= 4 is 11.9 Å². The molecule has 0 unspecified atom stereocenters. The second kappa shape index (κ2) is 9.54. The third kappa shape index (κ3) is 4.32. The van der Waals surface area contributed by atoms with Crippen LogP contribution in [-0.4, -0.2) is 34.4 Å². The van der Waals surface area contributed by atoms with Gasteiger partial charge >= 0.3 is 11.9 Å². The zero-order chi connectivity index (χ0) is 27.6. The molecule has 0 spiro atoms. The minimum Gasteiger partial charge on any atom is -0.481 e. The van der Waals surface area contributed by atoms with Gasteiger partial charge in [0.1, 0.15) is 6.10 Å². The van der Waals surface area contributed by atoms with E-state index in [0.717, 1.165) is 44.9 Å². The number of aliphatic carboxylic acids is 1. The number of carboxylic acids is 1. The number of aliphatic hydroxyl groups excluding tert-OH is 1. The first-order chi connectivity index (χ1) is 17.1. The van der Waals surface area contributed by atoms with Gasteiger partial charge in [-0.15, -0.1) is 0 Å². The molecular formula is C32H50O5. The molecule has 2 saturated carbocycles. The number of carboxylic acid groups (broad SMARTS) is 1. The highest BCUT2D eigenvalue weighted by molar-refractivity contribution is 5.71. The number of hydrogen-bond acceptors (Lipinski definition) is 4. The number of ether oxygens (including phenoxy) is 1. The van der Waals surface area contributed by atoms with Gasteiger partial charge in [0.15, 0.2) is 0 Å². The lowest BCUT2D eigenvalue weighted by atomic mass is 9.43. The maximum atomic E-state index is 12.5. The summed E-state index contributed by atoms with van der Waals surface area (Å²) in [7, 11) is 0. The van der Waals surface area contributed by atoms with Crippen molar-refractivity contribution in [2.75, 3.05) is 0 Å². The number of esters is 1. The molecule has 0 aromatic carbocycles. The summed E-state index contributed by atoms with van der Waals surface area (Å²) in [6.07, 6.45) is 9.27. The summed E-state index contributed by atoms with van der Waals surface area (Å²) in [6, 6.07) is 0. The van der Waals surface area contributed by atoms with Crippen molar-refractivity contribution in [1.82, 2.24) is 0 Å². The van der Waals surface area contributed by atoms with Crippen LogP contribution in [0.2, 0.25) is 0 Å². The Hall–Kier alpha value is -1.62. The van der Waals surface area contributed by atoms with Gasteiger partial charge in [0.25, 0.3) is 0 Å². The second-order valence-corrected chi connectivity index (χ2v) is 14.3. The van der Waals surface area contributed by atoms with Crippen LogP contribution >= 0.6 is 0 Å². The fourth-order valence-electron chi connectivity index (χ4n) is 9.90. The lowest BCUT2D eigenvalue weighted by Gasteiger charge is -2.62. The molecule has 0 heterocycles. The van der Waals surface area contributed by atoms with Gasteiger partial charge in [0, 0.05) is 18.3 Å². The molecule has 8 atom stereocenters.